The lowest BCUT2D eigenvalue weighted by Gasteiger charge is -2.25. The summed E-state index contributed by atoms with van der Waals surface area (Å²) in [4.78, 5) is 24.0. The Bertz CT molecular complexity index is 523. The fourth-order valence-corrected chi connectivity index (χ4v) is 1.96. The topological polar surface area (TPSA) is 78.4 Å². The lowest BCUT2D eigenvalue weighted by atomic mass is 9.95. The third kappa shape index (κ3) is 6.40. The zero-order valence-corrected chi connectivity index (χ0v) is 14.6. The molecule has 0 heterocycles. The standard InChI is InChI=1S/C18H28N2O3/c1-12(15(21)11-14-9-7-6-8-10-14)19-16(22)13(2)20-17(23)18(3,4)5/h6-10,12-13,15,21H,11H2,1-5H3,(H,19,22)(H,20,23). The zero-order chi connectivity index (χ0) is 17.6. The van der Waals surface area contributed by atoms with E-state index in [4.69, 9.17) is 0 Å². The van der Waals surface area contributed by atoms with Crippen LogP contribution in [0.25, 0.3) is 0 Å². The van der Waals surface area contributed by atoms with Crippen LogP contribution in [0.4, 0.5) is 0 Å². The summed E-state index contributed by atoms with van der Waals surface area (Å²) in [6.45, 7) is 8.76. The predicted molar refractivity (Wildman–Crippen MR) is 90.8 cm³/mol. The molecule has 0 fully saturated rings. The molecule has 1 rings (SSSR count). The molecule has 3 unspecified atom stereocenters. The summed E-state index contributed by atoms with van der Waals surface area (Å²) in [6, 6.07) is 8.56. The molecule has 128 valence electrons. The largest absolute Gasteiger partial charge is 0.391 e. The van der Waals surface area contributed by atoms with Crippen LogP contribution < -0.4 is 10.6 Å². The molecule has 0 saturated heterocycles. The van der Waals surface area contributed by atoms with Gasteiger partial charge in [-0.1, -0.05) is 51.1 Å². The van der Waals surface area contributed by atoms with Crippen molar-refractivity contribution in [3.05, 3.63) is 35.9 Å². The number of benzene rings is 1. The van der Waals surface area contributed by atoms with Gasteiger partial charge in [-0.05, 0) is 19.4 Å². The Morgan fingerprint density at radius 1 is 1.09 bits per heavy atom. The van der Waals surface area contributed by atoms with Gasteiger partial charge in [0.2, 0.25) is 11.8 Å². The molecule has 0 aliphatic rings. The summed E-state index contributed by atoms with van der Waals surface area (Å²) in [5, 5.41) is 15.6. The minimum atomic E-state index is -0.688. The molecule has 5 nitrogen and oxygen atoms in total. The Balaban J connectivity index is 2.50. The van der Waals surface area contributed by atoms with Crippen molar-refractivity contribution in [2.75, 3.05) is 0 Å². The number of hydrogen-bond donors (Lipinski definition) is 3. The van der Waals surface area contributed by atoms with Crippen molar-refractivity contribution >= 4 is 11.8 Å². The molecule has 1 aromatic carbocycles. The van der Waals surface area contributed by atoms with Crippen LogP contribution in [0, 0.1) is 5.41 Å². The molecule has 23 heavy (non-hydrogen) atoms. The maximum atomic E-state index is 12.1. The van der Waals surface area contributed by atoms with Gasteiger partial charge in [0.25, 0.3) is 0 Å². The highest BCUT2D eigenvalue weighted by molar-refractivity contribution is 5.89. The van der Waals surface area contributed by atoms with Gasteiger partial charge in [0.15, 0.2) is 0 Å². The second-order valence-corrected chi connectivity index (χ2v) is 7.00. The van der Waals surface area contributed by atoms with Crippen LogP contribution in [-0.2, 0) is 16.0 Å². The van der Waals surface area contributed by atoms with Crippen LogP contribution in [0.15, 0.2) is 30.3 Å². The van der Waals surface area contributed by atoms with Crippen LogP contribution >= 0.6 is 0 Å². The number of hydrogen-bond acceptors (Lipinski definition) is 3. The van der Waals surface area contributed by atoms with E-state index in [1.165, 1.54) is 0 Å². The SMILES string of the molecule is CC(NC(=O)C(C)(C)C)C(=O)NC(C)C(O)Cc1ccccc1. The van der Waals surface area contributed by atoms with Gasteiger partial charge in [0, 0.05) is 11.8 Å². The van der Waals surface area contributed by atoms with Gasteiger partial charge in [-0.25, -0.2) is 0 Å². The molecule has 0 aliphatic heterocycles. The Kier molecular flexibility index (Phi) is 6.76. The maximum absolute atomic E-state index is 12.1. The second kappa shape index (κ2) is 8.11. The molecule has 1 aromatic rings. The molecule has 2 amide bonds. The highest BCUT2D eigenvalue weighted by atomic mass is 16.3. The lowest BCUT2D eigenvalue weighted by Crippen LogP contribution is -2.52. The van der Waals surface area contributed by atoms with Gasteiger partial charge >= 0.3 is 0 Å². The first kappa shape index (κ1) is 19.2. The van der Waals surface area contributed by atoms with Crippen molar-refractivity contribution < 1.29 is 14.7 Å². The van der Waals surface area contributed by atoms with Crippen molar-refractivity contribution in [3.8, 4) is 0 Å². The van der Waals surface area contributed by atoms with Crippen LogP contribution in [0.2, 0.25) is 0 Å². The fourth-order valence-electron chi connectivity index (χ4n) is 1.96. The molecular formula is C18H28N2O3. The smallest absolute Gasteiger partial charge is 0.242 e. The number of rotatable bonds is 6. The average molecular weight is 320 g/mol. The first-order chi connectivity index (χ1) is 10.6. The Morgan fingerprint density at radius 2 is 1.65 bits per heavy atom. The molecule has 0 bridgehead atoms. The van der Waals surface area contributed by atoms with Gasteiger partial charge in [0.1, 0.15) is 6.04 Å². The zero-order valence-electron chi connectivity index (χ0n) is 14.6. The number of carbonyl (C=O) groups excluding carboxylic acids is 2. The van der Waals surface area contributed by atoms with E-state index >= 15 is 0 Å². The van der Waals surface area contributed by atoms with Gasteiger partial charge in [-0.3, -0.25) is 9.59 Å². The third-order valence-electron chi connectivity index (χ3n) is 3.66. The first-order valence-corrected chi connectivity index (χ1v) is 7.94. The average Bonchev–Trinajstić information content (AvgIpc) is 2.46. The van der Waals surface area contributed by atoms with E-state index in [0.29, 0.717) is 6.42 Å². The molecule has 0 saturated carbocycles. The first-order valence-electron chi connectivity index (χ1n) is 7.94. The molecular weight excluding hydrogens is 292 g/mol. The van der Waals surface area contributed by atoms with E-state index in [0.717, 1.165) is 5.56 Å². The van der Waals surface area contributed by atoms with Gasteiger partial charge in [-0.2, -0.15) is 0 Å². The highest BCUT2D eigenvalue weighted by Gasteiger charge is 2.26. The van der Waals surface area contributed by atoms with Gasteiger partial charge in [-0.15, -0.1) is 0 Å². The van der Waals surface area contributed by atoms with Gasteiger partial charge < -0.3 is 15.7 Å². The summed E-state index contributed by atoms with van der Waals surface area (Å²) >= 11 is 0. The predicted octanol–water partition coefficient (Wildman–Crippen LogP) is 1.65. The number of aliphatic hydroxyl groups is 1. The molecule has 3 atom stereocenters. The van der Waals surface area contributed by atoms with E-state index in [1.807, 2.05) is 30.3 Å². The summed E-state index contributed by atoms with van der Waals surface area (Å²) < 4.78 is 0. The number of nitrogens with one attached hydrogen (secondary N) is 2. The second-order valence-electron chi connectivity index (χ2n) is 7.00. The minimum absolute atomic E-state index is 0.183. The Hall–Kier alpha value is -1.88. The molecule has 0 aromatic heterocycles. The van der Waals surface area contributed by atoms with Crippen LogP contribution in [0.1, 0.15) is 40.2 Å². The maximum Gasteiger partial charge on any atom is 0.242 e. The van der Waals surface area contributed by atoms with E-state index in [9.17, 15) is 14.7 Å². The van der Waals surface area contributed by atoms with E-state index in [2.05, 4.69) is 10.6 Å². The normalized spacial score (nSPS) is 15.4. The number of carbonyl (C=O) groups is 2. The summed E-state index contributed by atoms with van der Waals surface area (Å²) in [5.74, 6) is -0.486. The van der Waals surface area contributed by atoms with Crippen LogP contribution in [0.3, 0.4) is 0 Å². The Morgan fingerprint density at radius 3 is 2.17 bits per heavy atom. The molecule has 5 heteroatoms. The number of amides is 2. The van der Waals surface area contributed by atoms with E-state index < -0.39 is 23.6 Å². The third-order valence-corrected chi connectivity index (χ3v) is 3.66. The molecule has 0 spiro atoms. The van der Waals surface area contributed by atoms with Crippen molar-refractivity contribution in [2.45, 2.75) is 59.2 Å². The summed E-state index contributed by atoms with van der Waals surface area (Å²) in [7, 11) is 0. The fraction of sp³-hybridized carbons (Fsp3) is 0.556. The molecule has 3 N–H and O–H groups in total. The van der Waals surface area contributed by atoms with Crippen molar-refractivity contribution in [1.29, 1.82) is 0 Å². The number of aliphatic hydroxyl groups excluding tert-OH is 1. The highest BCUT2D eigenvalue weighted by Crippen LogP contribution is 2.13. The molecule has 0 radical (unpaired) electrons. The van der Waals surface area contributed by atoms with E-state index in [1.54, 1.807) is 34.6 Å². The molecule has 0 aliphatic carbocycles. The van der Waals surface area contributed by atoms with Crippen molar-refractivity contribution in [1.82, 2.24) is 10.6 Å². The minimum Gasteiger partial charge on any atom is -0.391 e. The quantitative estimate of drug-likeness (QED) is 0.746. The Labute approximate surface area is 138 Å². The van der Waals surface area contributed by atoms with Gasteiger partial charge in [0.05, 0.1) is 12.1 Å². The van der Waals surface area contributed by atoms with Crippen molar-refractivity contribution in [2.24, 2.45) is 5.41 Å². The van der Waals surface area contributed by atoms with E-state index in [-0.39, 0.29) is 11.8 Å². The summed E-state index contributed by atoms with van der Waals surface area (Å²) in [5.41, 5.74) is 0.461. The van der Waals surface area contributed by atoms with Crippen LogP contribution in [0.5, 0.6) is 0 Å². The van der Waals surface area contributed by atoms with Crippen LogP contribution in [-0.4, -0.2) is 35.1 Å². The lowest BCUT2D eigenvalue weighted by molar-refractivity contribution is -0.133. The summed E-state index contributed by atoms with van der Waals surface area (Å²) in [6.07, 6.45) is -0.225. The monoisotopic (exact) mass is 320 g/mol. The van der Waals surface area contributed by atoms with Crippen molar-refractivity contribution in [3.63, 3.8) is 0 Å².